The maximum atomic E-state index is 13.4. The van der Waals surface area contributed by atoms with Crippen LogP contribution in [-0.4, -0.2) is 20.1 Å². The summed E-state index contributed by atoms with van der Waals surface area (Å²) < 4.78 is 39.6. The number of nitrogens with one attached hydrogen (secondary N) is 1. The fourth-order valence-corrected chi connectivity index (χ4v) is 3.03. The highest BCUT2D eigenvalue weighted by atomic mass is 79.9. The van der Waals surface area contributed by atoms with Crippen molar-refractivity contribution in [3.8, 4) is 0 Å². The molecule has 102 valence electrons. The van der Waals surface area contributed by atoms with Crippen LogP contribution in [0.2, 0.25) is 0 Å². The van der Waals surface area contributed by atoms with Gasteiger partial charge in [0, 0.05) is 22.5 Å². The van der Waals surface area contributed by atoms with Crippen LogP contribution in [0.25, 0.3) is 0 Å². The lowest BCUT2D eigenvalue weighted by Crippen LogP contribution is -2.26. The first-order valence-corrected chi connectivity index (χ1v) is 8.40. The zero-order valence-corrected chi connectivity index (χ0v) is 12.8. The molecule has 0 heterocycles. The highest BCUT2D eigenvalue weighted by Gasteiger charge is 2.11. The van der Waals surface area contributed by atoms with Crippen LogP contribution < -0.4 is 4.72 Å². The molecule has 18 heavy (non-hydrogen) atoms. The minimum atomic E-state index is -3.37. The van der Waals surface area contributed by atoms with Crippen LogP contribution >= 0.6 is 27.5 Å². The molecule has 1 aromatic carbocycles. The first-order valence-electron chi connectivity index (χ1n) is 5.42. The predicted octanol–water partition coefficient (Wildman–Crippen LogP) is 3.03. The van der Waals surface area contributed by atoms with E-state index in [1.165, 1.54) is 6.07 Å². The average Bonchev–Trinajstić information content (AvgIpc) is 2.31. The van der Waals surface area contributed by atoms with Gasteiger partial charge in [0.15, 0.2) is 0 Å². The molecule has 0 radical (unpaired) electrons. The van der Waals surface area contributed by atoms with Gasteiger partial charge < -0.3 is 0 Å². The maximum Gasteiger partial charge on any atom is 0.211 e. The molecule has 0 aliphatic heterocycles. The van der Waals surface area contributed by atoms with Crippen molar-refractivity contribution in [3.63, 3.8) is 0 Å². The summed E-state index contributed by atoms with van der Waals surface area (Å²) in [6.45, 7) is -0.0471. The van der Waals surface area contributed by atoms with Gasteiger partial charge >= 0.3 is 0 Å². The number of alkyl halides is 1. The fraction of sp³-hybridized carbons (Fsp3) is 0.455. The van der Waals surface area contributed by atoms with Gasteiger partial charge in [0.2, 0.25) is 10.0 Å². The highest BCUT2D eigenvalue weighted by molar-refractivity contribution is 9.10. The molecular formula is C11H14BrClFNO2S. The molecule has 0 unspecified atom stereocenters. The van der Waals surface area contributed by atoms with Crippen molar-refractivity contribution >= 4 is 37.6 Å². The van der Waals surface area contributed by atoms with E-state index in [0.717, 1.165) is 0 Å². The van der Waals surface area contributed by atoms with Crippen LogP contribution in [0.3, 0.4) is 0 Å². The van der Waals surface area contributed by atoms with Crippen LogP contribution in [0.4, 0.5) is 4.39 Å². The molecule has 0 amide bonds. The standard InChI is InChI=1S/C11H14BrClFNO2S/c12-10-3-4-11(14)9(7-10)8-15-18(16,17)6-2-1-5-13/h3-4,7,15H,1-2,5-6,8H2. The van der Waals surface area contributed by atoms with Crippen LogP contribution in [0.15, 0.2) is 22.7 Å². The molecule has 7 heteroatoms. The van der Waals surface area contributed by atoms with Crippen LogP contribution in [-0.2, 0) is 16.6 Å². The monoisotopic (exact) mass is 357 g/mol. The SMILES string of the molecule is O=S(=O)(CCCCCl)NCc1cc(Br)ccc1F. The second-order valence-electron chi connectivity index (χ2n) is 3.77. The van der Waals surface area contributed by atoms with Gasteiger partial charge in [-0.1, -0.05) is 15.9 Å². The molecule has 0 saturated heterocycles. The Morgan fingerprint density at radius 1 is 1.33 bits per heavy atom. The average molecular weight is 359 g/mol. The van der Waals surface area contributed by atoms with E-state index in [-0.39, 0.29) is 12.3 Å². The lowest BCUT2D eigenvalue weighted by molar-refractivity contribution is 0.571. The Hall–Kier alpha value is -0.170. The third-order valence-corrected chi connectivity index (χ3v) is 4.46. The summed E-state index contributed by atoms with van der Waals surface area (Å²) in [5, 5.41) is 0. The van der Waals surface area contributed by atoms with E-state index in [4.69, 9.17) is 11.6 Å². The molecule has 0 fully saturated rings. The number of rotatable bonds is 7. The zero-order chi connectivity index (χ0) is 13.6. The Bertz CT molecular complexity index is 496. The fourth-order valence-electron chi connectivity index (χ4n) is 1.33. The number of benzene rings is 1. The Kier molecular flexibility index (Phi) is 6.55. The predicted molar refractivity (Wildman–Crippen MR) is 74.7 cm³/mol. The quantitative estimate of drug-likeness (QED) is 0.601. The number of sulfonamides is 1. The van der Waals surface area contributed by atoms with Crippen molar-refractivity contribution in [1.82, 2.24) is 4.72 Å². The molecule has 0 spiro atoms. The van der Waals surface area contributed by atoms with Gasteiger partial charge in [0.1, 0.15) is 5.82 Å². The maximum absolute atomic E-state index is 13.4. The second-order valence-corrected chi connectivity index (χ2v) is 6.99. The molecule has 1 N–H and O–H groups in total. The number of halogens is 3. The van der Waals surface area contributed by atoms with Crippen LogP contribution in [0.5, 0.6) is 0 Å². The molecule has 0 aliphatic rings. The molecule has 3 nitrogen and oxygen atoms in total. The van der Waals surface area contributed by atoms with E-state index in [1.54, 1.807) is 12.1 Å². The molecule has 0 saturated carbocycles. The van der Waals surface area contributed by atoms with E-state index in [1.807, 2.05) is 0 Å². The number of hydrogen-bond acceptors (Lipinski definition) is 2. The van der Waals surface area contributed by atoms with E-state index in [2.05, 4.69) is 20.7 Å². The Morgan fingerprint density at radius 2 is 2.06 bits per heavy atom. The summed E-state index contributed by atoms with van der Waals surface area (Å²) >= 11 is 8.68. The summed E-state index contributed by atoms with van der Waals surface area (Å²) in [5.41, 5.74) is 0.310. The Labute approximate surface area is 120 Å². The molecular weight excluding hydrogens is 345 g/mol. The van der Waals surface area contributed by atoms with E-state index in [0.29, 0.717) is 28.8 Å². The van der Waals surface area contributed by atoms with Crippen molar-refractivity contribution in [1.29, 1.82) is 0 Å². The molecule has 1 aromatic rings. The number of hydrogen-bond donors (Lipinski definition) is 1. The largest absolute Gasteiger partial charge is 0.212 e. The summed E-state index contributed by atoms with van der Waals surface area (Å²) in [6, 6.07) is 4.41. The van der Waals surface area contributed by atoms with E-state index >= 15 is 0 Å². The third-order valence-electron chi connectivity index (χ3n) is 2.29. The minimum absolute atomic E-state index is 0.00927. The van der Waals surface area contributed by atoms with Crippen molar-refractivity contribution in [2.24, 2.45) is 0 Å². The Morgan fingerprint density at radius 3 is 2.72 bits per heavy atom. The van der Waals surface area contributed by atoms with Crippen molar-refractivity contribution in [3.05, 3.63) is 34.1 Å². The third kappa shape index (κ3) is 5.65. The molecule has 0 bridgehead atoms. The van der Waals surface area contributed by atoms with Gasteiger partial charge in [-0.2, -0.15) is 0 Å². The van der Waals surface area contributed by atoms with Gasteiger partial charge in [-0.05, 0) is 31.0 Å². The molecule has 0 atom stereocenters. The van der Waals surface area contributed by atoms with Crippen LogP contribution in [0, 0.1) is 5.82 Å². The first kappa shape index (κ1) is 15.9. The Balaban J connectivity index is 2.56. The van der Waals surface area contributed by atoms with Crippen LogP contribution in [0.1, 0.15) is 18.4 Å². The summed E-state index contributed by atoms with van der Waals surface area (Å²) in [5.74, 6) is 0.0205. The van der Waals surface area contributed by atoms with Crippen molar-refractivity contribution in [2.45, 2.75) is 19.4 Å². The van der Waals surface area contributed by atoms with E-state index in [9.17, 15) is 12.8 Å². The normalized spacial score (nSPS) is 11.7. The molecule has 1 rings (SSSR count). The highest BCUT2D eigenvalue weighted by Crippen LogP contribution is 2.15. The minimum Gasteiger partial charge on any atom is -0.212 e. The number of unbranched alkanes of at least 4 members (excludes halogenated alkanes) is 1. The van der Waals surface area contributed by atoms with Crippen molar-refractivity contribution < 1.29 is 12.8 Å². The lowest BCUT2D eigenvalue weighted by Gasteiger charge is -2.07. The van der Waals surface area contributed by atoms with Crippen molar-refractivity contribution in [2.75, 3.05) is 11.6 Å². The summed E-state index contributed by atoms with van der Waals surface area (Å²) in [7, 11) is -3.37. The van der Waals surface area contributed by atoms with Gasteiger partial charge in [-0.25, -0.2) is 17.5 Å². The molecule has 0 aliphatic carbocycles. The van der Waals surface area contributed by atoms with Gasteiger partial charge in [0.05, 0.1) is 5.75 Å². The smallest absolute Gasteiger partial charge is 0.211 e. The first-order chi connectivity index (χ1) is 8.44. The molecule has 0 aromatic heterocycles. The zero-order valence-electron chi connectivity index (χ0n) is 9.63. The lowest BCUT2D eigenvalue weighted by atomic mass is 10.2. The summed E-state index contributed by atoms with van der Waals surface area (Å²) in [6.07, 6.45) is 1.15. The van der Waals surface area contributed by atoms with Gasteiger partial charge in [-0.15, -0.1) is 11.6 Å². The van der Waals surface area contributed by atoms with Gasteiger partial charge in [0.25, 0.3) is 0 Å². The van der Waals surface area contributed by atoms with Gasteiger partial charge in [-0.3, -0.25) is 0 Å². The van der Waals surface area contributed by atoms with E-state index < -0.39 is 15.8 Å². The topological polar surface area (TPSA) is 46.2 Å². The summed E-state index contributed by atoms with van der Waals surface area (Å²) in [4.78, 5) is 0. The second kappa shape index (κ2) is 7.43.